The highest BCUT2D eigenvalue weighted by molar-refractivity contribution is 7.14. The molecule has 1 amide bonds. The van der Waals surface area contributed by atoms with Crippen molar-refractivity contribution in [3.8, 4) is 11.5 Å². The van der Waals surface area contributed by atoms with Crippen molar-refractivity contribution in [2.24, 2.45) is 0 Å². The van der Waals surface area contributed by atoms with E-state index in [9.17, 15) is 9.59 Å². The van der Waals surface area contributed by atoms with Crippen molar-refractivity contribution in [2.75, 3.05) is 19.1 Å². The van der Waals surface area contributed by atoms with Crippen LogP contribution in [0, 0.1) is 13.8 Å². The van der Waals surface area contributed by atoms with Crippen LogP contribution in [0.5, 0.6) is 11.5 Å². The molecule has 0 radical (unpaired) electrons. The van der Waals surface area contributed by atoms with Gasteiger partial charge in [-0.1, -0.05) is 23.7 Å². The van der Waals surface area contributed by atoms with Crippen molar-refractivity contribution < 1.29 is 23.8 Å². The summed E-state index contributed by atoms with van der Waals surface area (Å²) in [4.78, 5) is 31.0. The van der Waals surface area contributed by atoms with Crippen LogP contribution in [0.25, 0.3) is 0 Å². The number of amides is 1. The molecule has 0 saturated carbocycles. The van der Waals surface area contributed by atoms with Crippen LogP contribution in [-0.2, 0) is 16.1 Å². The molecule has 168 valence electrons. The fraction of sp³-hybridized carbons (Fsp3) is 0.261. The van der Waals surface area contributed by atoms with Crippen molar-refractivity contribution in [1.82, 2.24) is 4.98 Å². The third-order valence-corrected chi connectivity index (χ3v) is 5.80. The van der Waals surface area contributed by atoms with E-state index >= 15 is 0 Å². The number of hydrogen-bond acceptors (Lipinski definition) is 7. The maximum atomic E-state index is 12.6. The number of nitrogens with zero attached hydrogens (tertiary/aromatic N) is 2. The first-order chi connectivity index (χ1) is 15.3. The van der Waals surface area contributed by atoms with Gasteiger partial charge in [-0.25, -0.2) is 9.78 Å². The maximum Gasteiger partial charge on any atom is 0.342 e. The van der Waals surface area contributed by atoms with Crippen molar-refractivity contribution in [3.63, 3.8) is 0 Å². The normalized spacial score (nSPS) is 10.6. The number of thiazole rings is 1. The molecule has 0 aliphatic rings. The first kappa shape index (κ1) is 23.6. The minimum absolute atomic E-state index is 0.0674. The van der Waals surface area contributed by atoms with Gasteiger partial charge in [0.25, 0.3) is 0 Å². The van der Waals surface area contributed by atoms with Gasteiger partial charge in [0.05, 0.1) is 30.6 Å². The molecule has 3 rings (SSSR count). The average Bonchev–Trinajstić information content (AvgIpc) is 3.21. The van der Waals surface area contributed by atoms with Crippen molar-refractivity contribution in [3.05, 3.63) is 63.1 Å². The number of carbonyl (C=O) groups is 2. The Labute approximate surface area is 195 Å². The Hall–Kier alpha value is -3.10. The number of para-hydroxylation sites is 1. The second-order valence-electron chi connectivity index (χ2n) is 7.01. The SMILES string of the molecule is COc1cccc(C(=O)OCc2csc(N(C(C)=O)c3c(C)cc(C)cc3Cl)n2)c1OC. The molecule has 1 aromatic heterocycles. The summed E-state index contributed by atoms with van der Waals surface area (Å²) in [6.07, 6.45) is 0. The molecular formula is C23H23ClN2O5S. The molecule has 7 nitrogen and oxygen atoms in total. The van der Waals surface area contributed by atoms with Crippen molar-refractivity contribution in [2.45, 2.75) is 27.4 Å². The standard InChI is InChI=1S/C23H23ClN2O5S/c1-13-9-14(2)20(18(24)10-13)26(15(3)27)23-25-16(12-32-23)11-31-22(28)17-7-6-8-19(29-4)21(17)30-5/h6-10,12H,11H2,1-5H3. The highest BCUT2D eigenvalue weighted by Crippen LogP contribution is 2.37. The molecule has 0 spiro atoms. The quantitative estimate of drug-likeness (QED) is 0.422. The van der Waals surface area contributed by atoms with Crippen LogP contribution in [0.15, 0.2) is 35.7 Å². The number of ether oxygens (including phenoxy) is 3. The molecule has 0 saturated heterocycles. The number of benzene rings is 2. The van der Waals surface area contributed by atoms with Crippen LogP contribution in [0.3, 0.4) is 0 Å². The first-order valence-electron chi connectivity index (χ1n) is 9.66. The number of aromatic nitrogens is 1. The Morgan fingerprint density at radius 1 is 1.16 bits per heavy atom. The van der Waals surface area contributed by atoms with E-state index in [-0.39, 0.29) is 18.1 Å². The van der Waals surface area contributed by atoms with E-state index in [4.69, 9.17) is 25.8 Å². The second-order valence-corrected chi connectivity index (χ2v) is 8.25. The zero-order chi connectivity index (χ0) is 23.4. The van der Waals surface area contributed by atoms with E-state index in [0.29, 0.717) is 33.0 Å². The van der Waals surface area contributed by atoms with E-state index in [0.717, 1.165) is 11.1 Å². The number of rotatable bonds is 7. The third kappa shape index (κ3) is 4.87. The molecule has 0 fully saturated rings. The molecule has 0 bridgehead atoms. The average molecular weight is 475 g/mol. The van der Waals surface area contributed by atoms with E-state index in [1.54, 1.807) is 29.6 Å². The van der Waals surface area contributed by atoms with Crippen LogP contribution in [0.2, 0.25) is 5.02 Å². The molecule has 2 aromatic carbocycles. The van der Waals surface area contributed by atoms with E-state index in [1.807, 2.05) is 19.9 Å². The monoisotopic (exact) mass is 474 g/mol. The predicted octanol–water partition coefficient (Wildman–Crippen LogP) is 5.47. The molecule has 9 heteroatoms. The second kappa shape index (κ2) is 10.0. The fourth-order valence-corrected chi connectivity index (χ4v) is 4.57. The maximum absolute atomic E-state index is 12.6. The number of anilines is 2. The topological polar surface area (TPSA) is 78.0 Å². The summed E-state index contributed by atoms with van der Waals surface area (Å²) in [6, 6.07) is 8.72. The van der Waals surface area contributed by atoms with Crippen LogP contribution in [0.4, 0.5) is 10.8 Å². The van der Waals surface area contributed by atoms with Crippen LogP contribution in [0.1, 0.15) is 34.1 Å². The van der Waals surface area contributed by atoms with Gasteiger partial charge in [0.15, 0.2) is 16.6 Å². The van der Waals surface area contributed by atoms with Crippen LogP contribution in [-0.4, -0.2) is 31.1 Å². The third-order valence-electron chi connectivity index (χ3n) is 4.64. The van der Waals surface area contributed by atoms with Crippen LogP contribution >= 0.6 is 22.9 Å². The highest BCUT2D eigenvalue weighted by Gasteiger charge is 2.23. The Bertz CT molecular complexity index is 1140. The van der Waals surface area contributed by atoms with Gasteiger partial charge in [-0.15, -0.1) is 11.3 Å². The number of aryl methyl sites for hydroxylation is 2. The fourth-order valence-electron chi connectivity index (χ4n) is 3.31. The van der Waals surface area contributed by atoms with Gasteiger partial charge in [-0.3, -0.25) is 9.69 Å². The predicted molar refractivity (Wildman–Crippen MR) is 125 cm³/mol. The minimum Gasteiger partial charge on any atom is -0.493 e. The zero-order valence-corrected chi connectivity index (χ0v) is 20.0. The summed E-state index contributed by atoms with van der Waals surface area (Å²) in [5.41, 5.74) is 3.20. The molecule has 0 N–H and O–H groups in total. The van der Waals surface area contributed by atoms with Crippen molar-refractivity contribution >= 4 is 45.6 Å². The first-order valence-corrected chi connectivity index (χ1v) is 10.9. The molecule has 0 unspecified atom stereocenters. The lowest BCUT2D eigenvalue weighted by atomic mass is 10.1. The molecule has 0 aliphatic heterocycles. The largest absolute Gasteiger partial charge is 0.493 e. The number of esters is 1. The summed E-state index contributed by atoms with van der Waals surface area (Å²) in [6.45, 7) is 5.21. The lowest BCUT2D eigenvalue weighted by molar-refractivity contribution is -0.115. The van der Waals surface area contributed by atoms with E-state index in [2.05, 4.69) is 4.98 Å². The summed E-state index contributed by atoms with van der Waals surface area (Å²) >= 11 is 7.71. The number of carbonyl (C=O) groups excluding carboxylic acids is 2. The Kier molecular flexibility index (Phi) is 7.37. The van der Waals surface area contributed by atoms with Gasteiger partial charge in [-0.05, 0) is 43.2 Å². The van der Waals surface area contributed by atoms with E-state index < -0.39 is 5.97 Å². The molecule has 32 heavy (non-hydrogen) atoms. The number of methoxy groups -OCH3 is 2. The van der Waals surface area contributed by atoms with Gasteiger partial charge >= 0.3 is 5.97 Å². The molecule has 0 aliphatic carbocycles. The Morgan fingerprint density at radius 2 is 1.91 bits per heavy atom. The number of hydrogen-bond donors (Lipinski definition) is 0. The smallest absolute Gasteiger partial charge is 0.342 e. The molecular weight excluding hydrogens is 452 g/mol. The van der Waals surface area contributed by atoms with Gasteiger partial charge in [0.1, 0.15) is 12.2 Å². The molecule has 1 heterocycles. The Balaban J connectivity index is 1.81. The lowest BCUT2D eigenvalue weighted by Crippen LogP contribution is -2.24. The van der Waals surface area contributed by atoms with Gasteiger partial charge in [0, 0.05) is 12.3 Å². The summed E-state index contributed by atoms with van der Waals surface area (Å²) < 4.78 is 15.9. The lowest BCUT2D eigenvalue weighted by Gasteiger charge is -2.22. The summed E-state index contributed by atoms with van der Waals surface area (Å²) in [7, 11) is 2.95. The zero-order valence-electron chi connectivity index (χ0n) is 18.4. The summed E-state index contributed by atoms with van der Waals surface area (Å²) in [5.74, 6) is -0.0689. The Morgan fingerprint density at radius 3 is 2.53 bits per heavy atom. The molecule has 0 atom stereocenters. The highest BCUT2D eigenvalue weighted by atomic mass is 35.5. The minimum atomic E-state index is -0.573. The van der Waals surface area contributed by atoms with Gasteiger partial charge < -0.3 is 14.2 Å². The van der Waals surface area contributed by atoms with E-state index in [1.165, 1.54) is 37.4 Å². The van der Waals surface area contributed by atoms with Crippen LogP contribution < -0.4 is 14.4 Å². The van der Waals surface area contributed by atoms with Gasteiger partial charge in [-0.2, -0.15) is 0 Å². The van der Waals surface area contributed by atoms with Gasteiger partial charge in [0.2, 0.25) is 5.91 Å². The number of halogens is 1. The van der Waals surface area contributed by atoms with Crippen molar-refractivity contribution in [1.29, 1.82) is 0 Å². The molecule has 3 aromatic rings. The summed E-state index contributed by atoms with van der Waals surface area (Å²) in [5, 5.41) is 2.64.